The number of anilines is 1. The number of benzene rings is 3. The maximum Gasteiger partial charge on any atom is 0.252 e. The zero-order chi connectivity index (χ0) is 21.2. The first-order chi connectivity index (χ1) is 15.2. The Bertz CT molecular complexity index is 1270. The lowest BCUT2D eigenvalue weighted by Gasteiger charge is -2.15. The summed E-state index contributed by atoms with van der Waals surface area (Å²) in [7, 11) is 0. The van der Waals surface area contributed by atoms with Crippen LogP contribution in [0, 0.1) is 6.92 Å². The van der Waals surface area contributed by atoms with E-state index >= 15 is 0 Å². The van der Waals surface area contributed by atoms with Gasteiger partial charge < -0.3 is 0 Å². The van der Waals surface area contributed by atoms with Gasteiger partial charge in [-0.25, -0.2) is 5.01 Å². The Hall–Kier alpha value is -3.70. The Morgan fingerprint density at radius 1 is 0.871 bits per heavy atom. The van der Waals surface area contributed by atoms with Gasteiger partial charge in [-0.3, -0.25) is 4.57 Å². The van der Waals surface area contributed by atoms with Gasteiger partial charge in [-0.05, 0) is 30.7 Å². The highest BCUT2D eigenvalue weighted by Crippen LogP contribution is 2.29. The zero-order valence-corrected chi connectivity index (χ0v) is 17.7. The first-order valence-electron chi connectivity index (χ1n) is 10.1. The quantitative estimate of drug-likeness (QED) is 0.432. The van der Waals surface area contributed by atoms with E-state index < -0.39 is 0 Å². The van der Waals surface area contributed by atoms with Crippen LogP contribution in [-0.2, 0) is 0 Å². The van der Waals surface area contributed by atoms with E-state index in [1.54, 1.807) is 0 Å². The summed E-state index contributed by atoms with van der Waals surface area (Å²) < 4.78 is 2.05. The molecule has 0 aliphatic carbocycles. The molecule has 0 saturated heterocycles. The number of aromatic nitrogens is 3. The van der Waals surface area contributed by atoms with E-state index in [2.05, 4.69) is 51.2 Å². The summed E-state index contributed by atoms with van der Waals surface area (Å²) in [5.74, 6) is 1.50. The van der Waals surface area contributed by atoms with E-state index in [-0.39, 0.29) is 0 Å². The summed E-state index contributed by atoms with van der Waals surface area (Å²) in [6.45, 7) is 2.51. The highest BCUT2D eigenvalue weighted by molar-refractivity contribution is 6.30. The number of nitrogens with zero attached hydrogens (tertiary/aromatic N) is 5. The van der Waals surface area contributed by atoms with E-state index in [9.17, 15) is 0 Å². The molecule has 0 amide bonds. The average molecular weight is 426 g/mol. The van der Waals surface area contributed by atoms with Crippen molar-refractivity contribution in [3.63, 3.8) is 0 Å². The van der Waals surface area contributed by atoms with Gasteiger partial charge in [0.05, 0.1) is 12.2 Å². The number of aryl methyl sites for hydroxylation is 1. The van der Waals surface area contributed by atoms with E-state index in [0.29, 0.717) is 17.5 Å². The molecule has 1 aliphatic rings. The molecule has 31 heavy (non-hydrogen) atoms. The van der Waals surface area contributed by atoms with Crippen molar-refractivity contribution in [2.75, 3.05) is 11.6 Å². The highest BCUT2D eigenvalue weighted by Gasteiger charge is 2.25. The van der Waals surface area contributed by atoms with Gasteiger partial charge in [-0.1, -0.05) is 84.4 Å². The van der Waals surface area contributed by atoms with Crippen LogP contribution in [0.25, 0.3) is 11.8 Å². The van der Waals surface area contributed by atoms with E-state index in [1.165, 1.54) is 0 Å². The molecule has 0 atom stereocenters. The van der Waals surface area contributed by atoms with Crippen LogP contribution in [0.5, 0.6) is 0 Å². The monoisotopic (exact) mass is 425 g/mol. The first kappa shape index (κ1) is 19.3. The molecule has 1 aliphatic heterocycles. The van der Waals surface area contributed by atoms with Crippen LogP contribution in [0.2, 0.25) is 5.02 Å². The fourth-order valence-electron chi connectivity index (χ4n) is 3.68. The van der Waals surface area contributed by atoms with Gasteiger partial charge >= 0.3 is 0 Å². The second-order valence-electron chi connectivity index (χ2n) is 7.25. The molecule has 1 aromatic heterocycles. The second kappa shape index (κ2) is 8.20. The minimum atomic E-state index is 0.554. The van der Waals surface area contributed by atoms with Crippen LogP contribution < -0.4 is 5.01 Å². The predicted octanol–water partition coefficient (Wildman–Crippen LogP) is 5.51. The van der Waals surface area contributed by atoms with Crippen LogP contribution in [-0.4, -0.2) is 27.0 Å². The SMILES string of the molecule is Cc1nnc2n1-c1ccccc1C(c1ccc(Cl)cc1)=NN2CC=Cc1ccccc1. The van der Waals surface area contributed by atoms with Gasteiger partial charge in [0.2, 0.25) is 0 Å². The normalized spacial score (nSPS) is 13.0. The lowest BCUT2D eigenvalue weighted by atomic mass is 10.0. The number of hydrogen-bond donors (Lipinski definition) is 0. The van der Waals surface area contributed by atoms with Crippen LogP contribution in [0.4, 0.5) is 5.95 Å². The molecule has 0 radical (unpaired) electrons. The Kier molecular flexibility index (Phi) is 5.10. The maximum atomic E-state index is 6.13. The van der Waals surface area contributed by atoms with Crippen molar-refractivity contribution in [1.29, 1.82) is 0 Å². The predicted molar refractivity (Wildman–Crippen MR) is 126 cm³/mol. The fourth-order valence-corrected chi connectivity index (χ4v) is 3.81. The molecular weight excluding hydrogens is 406 g/mol. The first-order valence-corrected chi connectivity index (χ1v) is 10.4. The topological polar surface area (TPSA) is 46.3 Å². The molecule has 5 nitrogen and oxygen atoms in total. The second-order valence-corrected chi connectivity index (χ2v) is 7.69. The van der Waals surface area contributed by atoms with Crippen LogP contribution in [0.15, 0.2) is 90.0 Å². The standard InChI is InChI=1S/C25H20ClN5/c1-18-27-28-25-30(17-7-10-19-8-3-2-4-9-19)29-24(20-13-15-21(26)16-14-20)22-11-5-6-12-23(22)31(18)25/h2-16H,17H2,1H3. The molecule has 0 unspecified atom stereocenters. The van der Waals surface area contributed by atoms with E-state index in [1.807, 2.05) is 66.5 Å². The van der Waals surface area contributed by atoms with Crippen LogP contribution in [0.1, 0.15) is 22.5 Å². The maximum absolute atomic E-state index is 6.13. The summed E-state index contributed by atoms with van der Waals surface area (Å²) in [4.78, 5) is 0. The number of rotatable bonds is 4. The smallest absolute Gasteiger partial charge is 0.252 e. The number of halogens is 1. The summed E-state index contributed by atoms with van der Waals surface area (Å²) in [5.41, 5.74) is 5.02. The Morgan fingerprint density at radius 3 is 2.42 bits per heavy atom. The van der Waals surface area contributed by atoms with Gasteiger partial charge in [0.25, 0.3) is 5.95 Å². The molecule has 0 saturated carbocycles. The van der Waals surface area contributed by atoms with Crippen LogP contribution >= 0.6 is 11.6 Å². The third-order valence-electron chi connectivity index (χ3n) is 5.17. The molecule has 0 N–H and O–H groups in total. The number of fused-ring (bicyclic) bond motifs is 3. The van der Waals surface area contributed by atoms with Crippen molar-refractivity contribution < 1.29 is 0 Å². The van der Waals surface area contributed by atoms with E-state index in [4.69, 9.17) is 16.7 Å². The fraction of sp³-hybridized carbons (Fsp3) is 0.0800. The minimum Gasteiger partial charge on any atom is -0.263 e. The summed E-state index contributed by atoms with van der Waals surface area (Å²) >= 11 is 6.13. The van der Waals surface area contributed by atoms with Crippen molar-refractivity contribution in [2.45, 2.75) is 6.92 Å². The zero-order valence-electron chi connectivity index (χ0n) is 17.0. The number of hydrazone groups is 1. The molecule has 0 spiro atoms. The molecule has 4 aromatic rings. The molecule has 5 rings (SSSR count). The molecule has 0 fully saturated rings. The molecule has 6 heteroatoms. The molecule has 152 valence electrons. The number of hydrogen-bond acceptors (Lipinski definition) is 4. The minimum absolute atomic E-state index is 0.554. The lowest BCUT2D eigenvalue weighted by Crippen LogP contribution is -2.21. The molecular formula is C25H20ClN5. The summed E-state index contributed by atoms with van der Waals surface area (Å²) in [6, 6.07) is 26.2. The third-order valence-corrected chi connectivity index (χ3v) is 5.42. The van der Waals surface area contributed by atoms with Crippen LogP contribution in [0.3, 0.4) is 0 Å². The van der Waals surface area contributed by atoms with Crippen molar-refractivity contribution >= 4 is 29.3 Å². The largest absolute Gasteiger partial charge is 0.263 e. The number of para-hydroxylation sites is 1. The molecule has 3 aromatic carbocycles. The third kappa shape index (κ3) is 3.76. The molecule has 0 bridgehead atoms. The summed E-state index contributed by atoms with van der Waals surface area (Å²) in [6.07, 6.45) is 4.17. The average Bonchev–Trinajstić information content (AvgIpc) is 3.12. The molecule has 2 heterocycles. The highest BCUT2D eigenvalue weighted by atomic mass is 35.5. The van der Waals surface area contributed by atoms with Crippen molar-refractivity contribution in [3.8, 4) is 5.69 Å². The van der Waals surface area contributed by atoms with Crippen molar-refractivity contribution in [1.82, 2.24) is 14.8 Å². The Labute approximate surface area is 185 Å². The van der Waals surface area contributed by atoms with Gasteiger partial charge in [-0.15, -0.1) is 10.2 Å². The summed E-state index contributed by atoms with van der Waals surface area (Å²) in [5, 5.41) is 16.4. The van der Waals surface area contributed by atoms with Crippen molar-refractivity contribution in [3.05, 3.63) is 112 Å². The van der Waals surface area contributed by atoms with E-state index in [0.717, 1.165) is 33.9 Å². The van der Waals surface area contributed by atoms with Gasteiger partial charge in [0.15, 0.2) is 0 Å². The Morgan fingerprint density at radius 2 is 1.61 bits per heavy atom. The Balaban J connectivity index is 1.63. The van der Waals surface area contributed by atoms with Crippen molar-refractivity contribution in [2.24, 2.45) is 5.10 Å². The van der Waals surface area contributed by atoms with Gasteiger partial charge in [0, 0.05) is 16.1 Å². The van der Waals surface area contributed by atoms with Gasteiger partial charge in [-0.2, -0.15) is 5.10 Å². The van der Waals surface area contributed by atoms with Gasteiger partial charge in [0.1, 0.15) is 11.5 Å². The lowest BCUT2D eigenvalue weighted by molar-refractivity contribution is 0.856.